The highest BCUT2D eigenvalue weighted by Crippen LogP contribution is 2.22. The smallest absolute Gasteiger partial charge is 0.309 e. The Balaban J connectivity index is 2.26. The lowest BCUT2D eigenvalue weighted by Crippen LogP contribution is -2.12. The topological polar surface area (TPSA) is 98.3 Å². The van der Waals surface area contributed by atoms with Crippen molar-refractivity contribution in [1.82, 2.24) is 9.55 Å². The second kappa shape index (κ2) is 5.52. The van der Waals surface area contributed by atoms with E-state index in [1.165, 1.54) is 18.3 Å². The molecule has 0 fully saturated rings. The van der Waals surface area contributed by atoms with E-state index >= 15 is 0 Å². The van der Waals surface area contributed by atoms with Crippen LogP contribution in [-0.2, 0) is 11.2 Å². The summed E-state index contributed by atoms with van der Waals surface area (Å²) in [4.78, 5) is 24.9. The van der Waals surface area contributed by atoms with Crippen molar-refractivity contribution in [3.05, 3.63) is 58.2 Å². The van der Waals surface area contributed by atoms with Gasteiger partial charge in [0.1, 0.15) is 0 Å². The quantitative estimate of drug-likeness (QED) is 0.665. The maximum atomic E-state index is 10.8. The standard InChI is InChI=1S/C13H13N3O4/c1-9(10-2-4-11(5-3-10)16(19)20)15-8-14-7-12(15)6-13(17)18/h2-5,7-9H,6H2,1H3,(H,17,18). The third kappa shape index (κ3) is 2.82. The Bertz CT molecular complexity index is 633. The molecule has 7 heteroatoms. The summed E-state index contributed by atoms with van der Waals surface area (Å²) < 4.78 is 1.75. The number of aliphatic carboxylic acids is 1. The molecule has 0 amide bonds. The summed E-state index contributed by atoms with van der Waals surface area (Å²) in [6, 6.07) is 6.03. The number of benzene rings is 1. The van der Waals surface area contributed by atoms with Crippen molar-refractivity contribution in [3.8, 4) is 0 Å². The fraction of sp³-hybridized carbons (Fsp3) is 0.231. The largest absolute Gasteiger partial charge is 0.481 e. The normalized spacial score (nSPS) is 12.1. The van der Waals surface area contributed by atoms with Crippen LogP contribution in [0.25, 0.3) is 0 Å². The number of carboxylic acid groups (broad SMARTS) is 1. The molecular weight excluding hydrogens is 262 g/mol. The molecule has 0 saturated carbocycles. The third-order valence-electron chi connectivity index (χ3n) is 3.08. The maximum absolute atomic E-state index is 10.8. The minimum atomic E-state index is -0.928. The first-order chi connectivity index (χ1) is 9.49. The molecule has 0 bridgehead atoms. The highest BCUT2D eigenvalue weighted by Gasteiger charge is 2.15. The van der Waals surface area contributed by atoms with E-state index in [-0.39, 0.29) is 18.2 Å². The first-order valence-corrected chi connectivity index (χ1v) is 5.96. The monoisotopic (exact) mass is 275 g/mol. The molecule has 0 saturated heterocycles. The van der Waals surface area contributed by atoms with Crippen LogP contribution in [0, 0.1) is 10.1 Å². The first kappa shape index (κ1) is 13.7. The fourth-order valence-electron chi connectivity index (χ4n) is 2.01. The van der Waals surface area contributed by atoms with Crippen LogP contribution in [0.4, 0.5) is 5.69 Å². The number of aromatic nitrogens is 2. The first-order valence-electron chi connectivity index (χ1n) is 5.96. The summed E-state index contributed by atoms with van der Waals surface area (Å²) in [6.45, 7) is 1.88. The van der Waals surface area contributed by atoms with Crippen LogP contribution in [0.2, 0.25) is 0 Å². The van der Waals surface area contributed by atoms with Crippen LogP contribution in [0.5, 0.6) is 0 Å². The zero-order valence-electron chi connectivity index (χ0n) is 10.8. The van der Waals surface area contributed by atoms with Crippen molar-refractivity contribution in [2.75, 3.05) is 0 Å². The minimum Gasteiger partial charge on any atom is -0.481 e. The van der Waals surface area contributed by atoms with Crippen molar-refractivity contribution in [3.63, 3.8) is 0 Å². The van der Waals surface area contributed by atoms with Gasteiger partial charge in [0.2, 0.25) is 0 Å². The van der Waals surface area contributed by atoms with Gasteiger partial charge in [-0.15, -0.1) is 0 Å². The second-order valence-corrected chi connectivity index (χ2v) is 4.39. The third-order valence-corrected chi connectivity index (χ3v) is 3.08. The van der Waals surface area contributed by atoms with Gasteiger partial charge in [0.15, 0.2) is 0 Å². The van der Waals surface area contributed by atoms with E-state index in [4.69, 9.17) is 5.11 Å². The van der Waals surface area contributed by atoms with E-state index in [2.05, 4.69) is 4.98 Å². The molecule has 7 nitrogen and oxygen atoms in total. The number of carboxylic acids is 1. The Morgan fingerprint density at radius 2 is 2.10 bits per heavy atom. The molecular formula is C13H13N3O4. The van der Waals surface area contributed by atoms with Crippen molar-refractivity contribution in [2.45, 2.75) is 19.4 Å². The van der Waals surface area contributed by atoms with Gasteiger partial charge in [-0.2, -0.15) is 0 Å². The Kier molecular flexibility index (Phi) is 3.79. The Hall–Kier alpha value is -2.70. The van der Waals surface area contributed by atoms with E-state index in [1.54, 1.807) is 23.0 Å². The molecule has 2 rings (SSSR count). The summed E-state index contributed by atoms with van der Waals surface area (Å²) in [5.74, 6) is -0.928. The van der Waals surface area contributed by atoms with E-state index in [1.807, 2.05) is 6.92 Å². The van der Waals surface area contributed by atoms with Crippen molar-refractivity contribution in [2.24, 2.45) is 0 Å². The Morgan fingerprint density at radius 3 is 2.65 bits per heavy atom. The zero-order valence-corrected chi connectivity index (χ0v) is 10.8. The van der Waals surface area contributed by atoms with E-state index < -0.39 is 10.9 Å². The molecule has 1 unspecified atom stereocenters. The van der Waals surface area contributed by atoms with E-state index in [0.29, 0.717) is 5.69 Å². The van der Waals surface area contributed by atoms with Crippen molar-refractivity contribution >= 4 is 11.7 Å². The molecule has 104 valence electrons. The molecule has 0 aliphatic carbocycles. The predicted molar refractivity (Wildman–Crippen MR) is 70.5 cm³/mol. The van der Waals surface area contributed by atoms with Gasteiger partial charge in [0.05, 0.1) is 23.7 Å². The molecule has 0 aliphatic heterocycles. The van der Waals surface area contributed by atoms with Gasteiger partial charge >= 0.3 is 5.97 Å². The molecule has 2 aromatic rings. The minimum absolute atomic E-state index is 0.0253. The summed E-state index contributed by atoms with van der Waals surface area (Å²) in [7, 11) is 0. The van der Waals surface area contributed by atoms with Gasteiger partial charge in [-0.1, -0.05) is 12.1 Å². The average Bonchev–Trinajstić information content (AvgIpc) is 2.85. The lowest BCUT2D eigenvalue weighted by molar-refractivity contribution is -0.384. The van der Waals surface area contributed by atoms with Crippen LogP contribution in [-0.4, -0.2) is 25.6 Å². The second-order valence-electron chi connectivity index (χ2n) is 4.39. The Morgan fingerprint density at radius 1 is 1.45 bits per heavy atom. The number of non-ortho nitro benzene ring substituents is 1. The van der Waals surface area contributed by atoms with Crippen LogP contribution in [0.15, 0.2) is 36.8 Å². The zero-order chi connectivity index (χ0) is 14.7. The van der Waals surface area contributed by atoms with Gasteiger partial charge < -0.3 is 9.67 Å². The number of hydrogen-bond donors (Lipinski definition) is 1. The average molecular weight is 275 g/mol. The Labute approximate surface area is 114 Å². The molecule has 1 atom stereocenters. The molecule has 20 heavy (non-hydrogen) atoms. The lowest BCUT2D eigenvalue weighted by atomic mass is 10.1. The van der Waals surface area contributed by atoms with Gasteiger partial charge in [0, 0.05) is 24.0 Å². The van der Waals surface area contributed by atoms with Crippen molar-refractivity contribution < 1.29 is 14.8 Å². The lowest BCUT2D eigenvalue weighted by Gasteiger charge is -2.16. The number of hydrogen-bond acceptors (Lipinski definition) is 4. The predicted octanol–water partition coefficient (Wildman–Crippen LogP) is 2.03. The summed E-state index contributed by atoms with van der Waals surface area (Å²) >= 11 is 0. The van der Waals surface area contributed by atoms with Gasteiger partial charge in [0.25, 0.3) is 5.69 Å². The number of nitro benzene ring substituents is 1. The number of imidazole rings is 1. The molecule has 0 radical (unpaired) electrons. The van der Waals surface area contributed by atoms with Gasteiger partial charge in [-0.25, -0.2) is 4.98 Å². The van der Waals surface area contributed by atoms with Gasteiger partial charge in [-0.3, -0.25) is 14.9 Å². The molecule has 1 heterocycles. The highest BCUT2D eigenvalue weighted by molar-refractivity contribution is 5.69. The molecule has 1 N–H and O–H groups in total. The number of carbonyl (C=O) groups is 1. The van der Waals surface area contributed by atoms with Crippen LogP contribution >= 0.6 is 0 Å². The number of nitro groups is 1. The SMILES string of the molecule is CC(c1ccc([N+](=O)[O-])cc1)n1cncc1CC(=O)O. The summed E-state index contributed by atoms with van der Waals surface area (Å²) in [5, 5.41) is 19.5. The molecule has 1 aromatic carbocycles. The van der Waals surface area contributed by atoms with Gasteiger partial charge in [-0.05, 0) is 12.5 Å². The molecule has 0 spiro atoms. The number of rotatable bonds is 5. The summed E-state index contributed by atoms with van der Waals surface area (Å²) in [6.07, 6.45) is 2.96. The van der Waals surface area contributed by atoms with E-state index in [0.717, 1.165) is 5.56 Å². The van der Waals surface area contributed by atoms with Crippen LogP contribution < -0.4 is 0 Å². The maximum Gasteiger partial charge on any atom is 0.309 e. The van der Waals surface area contributed by atoms with Crippen LogP contribution in [0.3, 0.4) is 0 Å². The summed E-state index contributed by atoms with van der Waals surface area (Å²) in [5.41, 5.74) is 1.46. The number of nitrogens with zero attached hydrogens (tertiary/aromatic N) is 3. The molecule has 1 aromatic heterocycles. The van der Waals surface area contributed by atoms with Crippen LogP contribution in [0.1, 0.15) is 24.2 Å². The highest BCUT2D eigenvalue weighted by atomic mass is 16.6. The molecule has 0 aliphatic rings. The van der Waals surface area contributed by atoms with E-state index in [9.17, 15) is 14.9 Å². The fourth-order valence-corrected chi connectivity index (χ4v) is 2.01. The van der Waals surface area contributed by atoms with Crippen molar-refractivity contribution in [1.29, 1.82) is 0 Å².